The zero-order chi connectivity index (χ0) is 15.3. The van der Waals surface area contributed by atoms with Crippen LogP contribution in [-0.4, -0.2) is 54.3 Å². The van der Waals surface area contributed by atoms with Crippen LogP contribution in [0.4, 0.5) is 0 Å². The first-order valence-corrected chi connectivity index (χ1v) is 7.48. The lowest BCUT2D eigenvalue weighted by Crippen LogP contribution is -2.54. The Morgan fingerprint density at radius 2 is 1.90 bits per heavy atom. The number of amides is 1. The van der Waals surface area contributed by atoms with Crippen LogP contribution < -0.4 is 0 Å². The molecule has 1 fully saturated rings. The number of ether oxygens (including phenoxy) is 1. The van der Waals surface area contributed by atoms with E-state index in [9.17, 15) is 10.0 Å². The Bertz CT molecular complexity index is 458. The predicted molar refractivity (Wildman–Crippen MR) is 81.2 cm³/mol. The molecule has 0 N–H and O–H groups in total. The molecule has 1 saturated heterocycles. The van der Waals surface area contributed by atoms with E-state index in [1.54, 1.807) is 4.90 Å². The Balaban J connectivity index is 2.05. The second-order valence-corrected chi connectivity index (χ2v) is 5.84. The number of carbonyl (C=O) groups is 1. The van der Waals surface area contributed by atoms with Gasteiger partial charge in [-0.25, -0.2) is 0 Å². The highest BCUT2D eigenvalue weighted by Crippen LogP contribution is 2.18. The molecule has 1 unspecified atom stereocenters. The number of nitrogens with zero attached hydrogens (tertiary/aromatic N) is 2. The van der Waals surface area contributed by atoms with Crippen molar-refractivity contribution in [2.24, 2.45) is 0 Å². The lowest BCUT2D eigenvalue weighted by Gasteiger charge is -2.46. The second-order valence-electron chi connectivity index (χ2n) is 5.84. The molecule has 116 valence electrons. The van der Waals surface area contributed by atoms with E-state index in [4.69, 9.17) is 4.74 Å². The molecule has 5 nitrogen and oxygen atoms in total. The summed E-state index contributed by atoms with van der Waals surface area (Å²) in [6.45, 7) is 6.37. The highest BCUT2D eigenvalue weighted by molar-refractivity contribution is 5.77. The summed E-state index contributed by atoms with van der Waals surface area (Å²) in [7, 11) is 0. The number of morpholine rings is 1. The summed E-state index contributed by atoms with van der Waals surface area (Å²) in [5.41, 5.74) is 0.968. The highest BCUT2D eigenvalue weighted by atomic mass is 16.5. The summed E-state index contributed by atoms with van der Waals surface area (Å²) < 4.78 is 4.73. The van der Waals surface area contributed by atoms with Gasteiger partial charge in [0.1, 0.15) is 6.54 Å². The van der Waals surface area contributed by atoms with Crippen LogP contribution in [0.1, 0.15) is 19.4 Å². The van der Waals surface area contributed by atoms with Gasteiger partial charge in [-0.05, 0) is 13.8 Å². The van der Waals surface area contributed by atoms with Crippen molar-refractivity contribution in [2.45, 2.75) is 26.4 Å². The molecule has 2 rings (SSSR count). The smallest absolute Gasteiger partial charge is 0.278 e. The molecule has 1 aromatic carbocycles. The summed E-state index contributed by atoms with van der Waals surface area (Å²) in [5, 5.41) is 13.1. The normalized spacial score (nSPS) is 18.6. The maximum absolute atomic E-state index is 13.1. The maximum Gasteiger partial charge on any atom is 0.278 e. The molecule has 0 aromatic heterocycles. The summed E-state index contributed by atoms with van der Waals surface area (Å²) >= 11 is 0. The Hall–Kier alpha value is -1.43. The first-order chi connectivity index (χ1) is 10.0. The molecular formula is C16H24N2O3. The van der Waals surface area contributed by atoms with Gasteiger partial charge in [0.15, 0.2) is 6.54 Å². The van der Waals surface area contributed by atoms with Crippen LogP contribution in [0, 0.1) is 5.21 Å². The van der Waals surface area contributed by atoms with Gasteiger partial charge in [-0.2, -0.15) is 0 Å². The quantitative estimate of drug-likeness (QED) is 0.614. The molecule has 1 atom stereocenters. The molecule has 0 aliphatic carbocycles. The molecule has 1 heterocycles. The van der Waals surface area contributed by atoms with Gasteiger partial charge < -0.3 is 19.5 Å². The molecule has 1 aliphatic rings. The van der Waals surface area contributed by atoms with Crippen molar-refractivity contribution in [2.75, 3.05) is 32.8 Å². The zero-order valence-electron chi connectivity index (χ0n) is 12.8. The van der Waals surface area contributed by atoms with Crippen molar-refractivity contribution in [1.29, 1.82) is 0 Å². The van der Waals surface area contributed by atoms with E-state index in [0.717, 1.165) is 5.56 Å². The lowest BCUT2D eigenvalue weighted by molar-refractivity contribution is -0.907. The zero-order valence-corrected chi connectivity index (χ0v) is 12.8. The van der Waals surface area contributed by atoms with E-state index in [2.05, 4.69) is 0 Å². The summed E-state index contributed by atoms with van der Waals surface area (Å²) in [5.74, 6) is -0.0714. The minimum Gasteiger partial charge on any atom is -0.632 e. The lowest BCUT2D eigenvalue weighted by atomic mass is 10.1. The average molecular weight is 292 g/mol. The van der Waals surface area contributed by atoms with Gasteiger partial charge in [0.05, 0.1) is 19.3 Å². The molecule has 1 aromatic rings. The van der Waals surface area contributed by atoms with E-state index in [1.807, 2.05) is 44.2 Å². The summed E-state index contributed by atoms with van der Waals surface area (Å²) in [6, 6.07) is 9.49. The first-order valence-electron chi connectivity index (χ1n) is 7.48. The maximum atomic E-state index is 13.1. The molecule has 0 saturated carbocycles. The van der Waals surface area contributed by atoms with Crippen LogP contribution in [0.3, 0.4) is 0 Å². The SMILES string of the molecule is CC(C)[N+]([O-])(CC(=O)N1CCOCC1)Cc1ccccc1. The highest BCUT2D eigenvalue weighted by Gasteiger charge is 2.29. The molecule has 1 aliphatic heterocycles. The van der Waals surface area contributed by atoms with Crippen LogP contribution >= 0.6 is 0 Å². The number of hydrogen-bond donors (Lipinski definition) is 0. The third-order valence-corrected chi connectivity index (χ3v) is 4.00. The van der Waals surface area contributed by atoms with Gasteiger partial charge in [0.2, 0.25) is 0 Å². The fourth-order valence-corrected chi connectivity index (χ4v) is 2.46. The standard InChI is InChI=1S/C16H24N2O3/c1-14(2)18(20,12-15-6-4-3-5-7-15)13-16(19)17-8-10-21-11-9-17/h3-7,14H,8-13H2,1-2H3. The van der Waals surface area contributed by atoms with Crippen molar-refractivity contribution in [3.63, 3.8) is 0 Å². The molecule has 0 bridgehead atoms. The number of benzene rings is 1. The molecule has 0 spiro atoms. The van der Waals surface area contributed by atoms with Crippen LogP contribution in [0.2, 0.25) is 0 Å². The van der Waals surface area contributed by atoms with Crippen molar-refractivity contribution >= 4 is 5.91 Å². The minimum absolute atomic E-state index is 0.00738. The van der Waals surface area contributed by atoms with E-state index in [1.165, 1.54) is 0 Å². The van der Waals surface area contributed by atoms with Gasteiger partial charge in [0.25, 0.3) is 5.91 Å². The summed E-state index contributed by atoms with van der Waals surface area (Å²) in [6.07, 6.45) is 0. The second kappa shape index (κ2) is 7.02. The fraction of sp³-hybridized carbons (Fsp3) is 0.562. The number of hydroxylamine groups is 3. The largest absolute Gasteiger partial charge is 0.632 e. The van der Waals surface area contributed by atoms with Crippen molar-refractivity contribution in [1.82, 2.24) is 4.90 Å². The number of quaternary nitrogens is 1. The van der Waals surface area contributed by atoms with Gasteiger partial charge in [-0.1, -0.05) is 30.3 Å². The van der Waals surface area contributed by atoms with E-state index >= 15 is 0 Å². The number of hydrogen-bond acceptors (Lipinski definition) is 3. The minimum atomic E-state index is -0.514. The summed E-state index contributed by atoms with van der Waals surface area (Å²) in [4.78, 5) is 14.1. The first kappa shape index (κ1) is 15.9. The van der Waals surface area contributed by atoms with Crippen molar-refractivity contribution in [3.8, 4) is 0 Å². The fourth-order valence-electron chi connectivity index (χ4n) is 2.46. The van der Waals surface area contributed by atoms with Gasteiger partial charge in [-0.15, -0.1) is 0 Å². The molecule has 21 heavy (non-hydrogen) atoms. The van der Waals surface area contributed by atoms with Crippen LogP contribution in [0.25, 0.3) is 0 Å². The average Bonchev–Trinajstić information content (AvgIpc) is 2.49. The monoisotopic (exact) mass is 292 g/mol. The van der Waals surface area contributed by atoms with E-state index in [0.29, 0.717) is 32.8 Å². The van der Waals surface area contributed by atoms with Crippen molar-refractivity contribution in [3.05, 3.63) is 41.1 Å². The van der Waals surface area contributed by atoms with Crippen LogP contribution in [-0.2, 0) is 16.1 Å². The number of rotatable bonds is 5. The molecule has 5 heteroatoms. The Morgan fingerprint density at radius 1 is 1.29 bits per heavy atom. The molecular weight excluding hydrogens is 268 g/mol. The third-order valence-electron chi connectivity index (χ3n) is 4.00. The van der Waals surface area contributed by atoms with Gasteiger partial charge in [0, 0.05) is 18.7 Å². The molecule has 0 radical (unpaired) electrons. The molecule has 1 amide bonds. The van der Waals surface area contributed by atoms with Crippen LogP contribution in [0.5, 0.6) is 0 Å². The van der Waals surface area contributed by atoms with Gasteiger partial charge in [-0.3, -0.25) is 4.79 Å². The van der Waals surface area contributed by atoms with Gasteiger partial charge >= 0.3 is 0 Å². The third kappa shape index (κ3) is 4.27. The topological polar surface area (TPSA) is 52.6 Å². The Kier molecular flexibility index (Phi) is 5.33. The van der Waals surface area contributed by atoms with Crippen molar-refractivity contribution < 1.29 is 14.2 Å². The van der Waals surface area contributed by atoms with Crippen LogP contribution in [0.15, 0.2) is 30.3 Å². The van der Waals surface area contributed by atoms with E-state index < -0.39 is 4.65 Å². The predicted octanol–water partition coefficient (Wildman–Crippen LogP) is 1.77. The Morgan fingerprint density at radius 3 is 2.48 bits per heavy atom. The number of carbonyl (C=O) groups excluding carboxylic acids is 1. The Labute approximate surface area is 126 Å². The van der Waals surface area contributed by atoms with E-state index in [-0.39, 0.29) is 18.5 Å².